The maximum Gasteiger partial charge on any atom is 0.303 e. The molecule has 0 aromatic heterocycles. The molecule has 0 radical (unpaired) electrons. The Morgan fingerprint density at radius 1 is 0.839 bits per heavy atom. The summed E-state index contributed by atoms with van der Waals surface area (Å²) in [7, 11) is 0. The molecular formula is C20H23BrO9S. The van der Waals surface area contributed by atoms with Crippen molar-refractivity contribution in [3.8, 4) is 0 Å². The third kappa shape index (κ3) is 7.82. The molecule has 1 fully saturated rings. The van der Waals surface area contributed by atoms with Gasteiger partial charge in [-0.15, -0.1) is 0 Å². The summed E-state index contributed by atoms with van der Waals surface area (Å²) in [5.74, 6) is -2.53. The Kier molecular flexibility index (Phi) is 9.32. The molecule has 0 aliphatic carbocycles. The van der Waals surface area contributed by atoms with Gasteiger partial charge < -0.3 is 23.7 Å². The van der Waals surface area contributed by atoms with Crippen LogP contribution in [0.25, 0.3) is 0 Å². The largest absolute Gasteiger partial charge is 0.463 e. The van der Waals surface area contributed by atoms with Crippen molar-refractivity contribution in [2.75, 3.05) is 6.61 Å². The van der Waals surface area contributed by atoms with E-state index in [4.69, 9.17) is 23.7 Å². The molecule has 0 spiro atoms. The Morgan fingerprint density at radius 2 is 1.35 bits per heavy atom. The Bertz CT molecular complexity index is 813. The van der Waals surface area contributed by atoms with Crippen molar-refractivity contribution in [1.82, 2.24) is 0 Å². The van der Waals surface area contributed by atoms with Crippen molar-refractivity contribution in [1.29, 1.82) is 0 Å². The fraction of sp³-hybridized carbons (Fsp3) is 0.500. The molecule has 0 N–H and O–H groups in total. The number of carbonyl (C=O) groups is 4. The molecular weight excluding hydrogens is 496 g/mol. The third-order valence-electron chi connectivity index (χ3n) is 4.01. The van der Waals surface area contributed by atoms with Crippen LogP contribution in [0.4, 0.5) is 0 Å². The minimum atomic E-state index is -1.17. The van der Waals surface area contributed by atoms with Crippen LogP contribution in [-0.4, -0.2) is 60.3 Å². The molecule has 0 saturated carbocycles. The van der Waals surface area contributed by atoms with Crippen molar-refractivity contribution < 1.29 is 42.9 Å². The van der Waals surface area contributed by atoms with E-state index in [1.165, 1.54) is 39.5 Å². The molecule has 5 unspecified atom stereocenters. The molecule has 0 bridgehead atoms. The van der Waals surface area contributed by atoms with Crippen LogP contribution >= 0.6 is 27.7 Å². The lowest BCUT2D eigenvalue weighted by atomic mass is 9.99. The lowest BCUT2D eigenvalue weighted by molar-refractivity contribution is -0.237. The third-order valence-corrected chi connectivity index (χ3v) is 5.70. The maximum atomic E-state index is 11.8. The summed E-state index contributed by atoms with van der Waals surface area (Å²) >= 11 is 4.58. The maximum absolute atomic E-state index is 11.8. The Morgan fingerprint density at radius 3 is 1.87 bits per heavy atom. The normalized spacial score (nSPS) is 25.3. The van der Waals surface area contributed by atoms with E-state index in [-0.39, 0.29) is 6.61 Å². The highest BCUT2D eigenvalue weighted by molar-refractivity contribution is 9.10. The minimum Gasteiger partial charge on any atom is -0.463 e. The van der Waals surface area contributed by atoms with Crippen LogP contribution in [0, 0.1) is 0 Å². The number of benzene rings is 1. The lowest BCUT2D eigenvalue weighted by Gasteiger charge is -2.44. The van der Waals surface area contributed by atoms with Crippen molar-refractivity contribution in [2.45, 2.75) is 62.4 Å². The van der Waals surface area contributed by atoms with Gasteiger partial charge in [-0.05, 0) is 24.3 Å². The zero-order valence-corrected chi connectivity index (χ0v) is 19.8. The number of esters is 4. The van der Waals surface area contributed by atoms with Crippen LogP contribution in [0.5, 0.6) is 0 Å². The molecule has 1 aromatic rings. The van der Waals surface area contributed by atoms with Gasteiger partial charge in [0.25, 0.3) is 0 Å². The first-order valence-electron chi connectivity index (χ1n) is 9.29. The highest BCUT2D eigenvalue weighted by atomic mass is 79.9. The van der Waals surface area contributed by atoms with Crippen LogP contribution in [0.1, 0.15) is 27.7 Å². The van der Waals surface area contributed by atoms with Crippen LogP contribution in [0.3, 0.4) is 0 Å². The zero-order chi connectivity index (χ0) is 23.1. The van der Waals surface area contributed by atoms with Gasteiger partial charge in [0.2, 0.25) is 0 Å². The fourth-order valence-corrected chi connectivity index (χ4v) is 4.30. The Hall–Kier alpha value is -2.11. The van der Waals surface area contributed by atoms with Gasteiger partial charge in [0.15, 0.2) is 18.3 Å². The van der Waals surface area contributed by atoms with Crippen molar-refractivity contribution in [3.63, 3.8) is 0 Å². The second-order valence-electron chi connectivity index (χ2n) is 6.64. The molecule has 31 heavy (non-hydrogen) atoms. The molecule has 2 rings (SSSR count). The first-order chi connectivity index (χ1) is 14.6. The van der Waals surface area contributed by atoms with Gasteiger partial charge >= 0.3 is 23.9 Å². The first kappa shape index (κ1) is 25.2. The first-order valence-corrected chi connectivity index (χ1v) is 11.0. The predicted molar refractivity (Wildman–Crippen MR) is 112 cm³/mol. The summed E-state index contributed by atoms with van der Waals surface area (Å²) in [6, 6.07) is 7.30. The number of rotatable bonds is 7. The molecule has 1 heterocycles. The second kappa shape index (κ2) is 11.5. The highest BCUT2D eigenvalue weighted by Gasteiger charge is 2.52. The molecule has 1 aromatic carbocycles. The quantitative estimate of drug-likeness (QED) is 0.393. The topological polar surface area (TPSA) is 114 Å². The smallest absolute Gasteiger partial charge is 0.303 e. The van der Waals surface area contributed by atoms with Gasteiger partial charge in [-0.1, -0.05) is 27.7 Å². The monoisotopic (exact) mass is 518 g/mol. The predicted octanol–water partition coefficient (Wildman–Crippen LogP) is 2.62. The zero-order valence-electron chi connectivity index (χ0n) is 17.4. The van der Waals surface area contributed by atoms with Crippen LogP contribution in [0.2, 0.25) is 0 Å². The van der Waals surface area contributed by atoms with E-state index >= 15 is 0 Å². The summed E-state index contributed by atoms with van der Waals surface area (Å²) in [5, 5.41) is 0. The van der Waals surface area contributed by atoms with E-state index < -0.39 is 53.7 Å². The number of thioether (sulfide) groups is 1. The molecule has 170 valence electrons. The number of carbonyl (C=O) groups excluding carboxylic acids is 4. The van der Waals surface area contributed by atoms with E-state index in [9.17, 15) is 19.2 Å². The van der Waals surface area contributed by atoms with E-state index in [0.717, 1.165) is 9.37 Å². The Labute approximate surface area is 192 Å². The van der Waals surface area contributed by atoms with Crippen molar-refractivity contribution >= 4 is 51.6 Å². The summed E-state index contributed by atoms with van der Waals surface area (Å²) < 4.78 is 28.1. The van der Waals surface area contributed by atoms with Gasteiger partial charge in [0, 0.05) is 37.1 Å². The van der Waals surface area contributed by atoms with Gasteiger partial charge in [-0.3, -0.25) is 19.2 Å². The standard InChI is InChI=1S/C20H23BrO9S/c1-10(22)26-9-16-17(27-11(2)23)18(28-12(3)24)19(29-13(4)25)20(30-16)31-15-7-5-14(21)6-8-15/h5-8,16-20H,9H2,1-4H3. The minimum absolute atomic E-state index is 0.255. The Balaban J connectivity index is 2.43. The molecule has 1 saturated heterocycles. The summed E-state index contributed by atoms with van der Waals surface area (Å²) in [4.78, 5) is 47.4. The molecule has 1 aliphatic heterocycles. The van der Waals surface area contributed by atoms with E-state index in [1.807, 2.05) is 24.3 Å². The van der Waals surface area contributed by atoms with Gasteiger partial charge in [-0.2, -0.15) is 0 Å². The van der Waals surface area contributed by atoms with Crippen molar-refractivity contribution in [3.05, 3.63) is 28.7 Å². The lowest BCUT2D eigenvalue weighted by Crippen LogP contribution is -2.61. The number of halogens is 1. The highest BCUT2D eigenvalue weighted by Crippen LogP contribution is 2.37. The molecule has 5 atom stereocenters. The SMILES string of the molecule is CC(=O)OCC1OC(Sc2ccc(Br)cc2)C(OC(C)=O)C(OC(C)=O)C1OC(C)=O. The number of ether oxygens (including phenoxy) is 5. The second-order valence-corrected chi connectivity index (χ2v) is 8.73. The fourth-order valence-electron chi connectivity index (χ4n) is 2.93. The van der Waals surface area contributed by atoms with E-state index in [1.54, 1.807) is 0 Å². The summed E-state index contributed by atoms with van der Waals surface area (Å²) in [6.45, 7) is 4.54. The average Bonchev–Trinajstić information content (AvgIpc) is 2.65. The number of hydrogen-bond donors (Lipinski definition) is 0. The van der Waals surface area contributed by atoms with Gasteiger partial charge in [0.1, 0.15) is 18.1 Å². The van der Waals surface area contributed by atoms with Crippen LogP contribution in [-0.2, 0) is 42.9 Å². The van der Waals surface area contributed by atoms with Gasteiger partial charge in [-0.25, -0.2) is 0 Å². The van der Waals surface area contributed by atoms with E-state index in [0.29, 0.717) is 0 Å². The number of hydrogen-bond acceptors (Lipinski definition) is 10. The summed E-state index contributed by atoms with van der Waals surface area (Å²) in [5.41, 5.74) is -0.846. The molecule has 11 heteroatoms. The van der Waals surface area contributed by atoms with Crippen LogP contribution in [0.15, 0.2) is 33.6 Å². The summed E-state index contributed by atoms with van der Waals surface area (Å²) in [6.07, 6.45) is -4.38. The van der Waals surface area contributed by atoms with E-state index in [2.05, 4.69) is 15.9 Å². The van der Waals surface area contributed by atoms with Crippen molar-refractivity contribution in [2.24, 2.45) is 0 Å². The van der Waals surface area contributed by atoms with Gasteiger partial charge in [0.05, 0.1) is 0 Å². The average molecular weight is 519 g/mol. The molecule has 0 amide bonds. The van der Waals surface area contributed by atoms with Crippen LogP contribution < -0.4 is 0 Å². The molecule has 1 aliphatic rings. The molecule has 9 nitrogen and oxygen atoms in total.